The Morgan fingerprint density at radius 2 is 2.07 bits per heavy atom. The fourth-order valence-corrected chi connectivity index (χ4v) is 4.39. The van der Waals surface area contributed by atoms with Crippen LogP contribution in [0.1, 0.15) is 53.5 Å². The molecule has 1 aliphatic carbocycles. The lowest BCUT2D eigenvalue weighted by Gasteiger charge is -2.33. The summed E-state index contributed by atoms with van der Waals surface area (Å²) in [6.45, 7) is 1.12. The van der Waals surface area contributed by atoms with Crippen LogP contribution >= 0.6 is 0 Å². The Kier molecular flexibility index (Phi) is 4.54. The number of aromatic amines is 1. The van der Waals surface area contributed by atoms with E-state index in [9.17, 15) is 9.59 Å². The molecule has 8 nitrogen and oxygen atoms in total. The van der Waals surface area contributed by atoms with E-state index in [0.29, 0.717) is 30.2 Å². The molecule has 1 fully saturated rings. The highest BCUT2D eigenvalue weighted by Crippen LogP contribution is 2.26. The second-order valence-corrected chi connectivity index (χ2v) is 7.76. The van der Waals surface area contributed by atoms with Crippen molar-refractivity contribution in [3.05, 3.63) is 57.8 Å². The first kappa shape index (κ1) is 17.9. The molecular formula is C21H23N5O3. The zero-order chi connectivity index (χ0) is 19.8. The maximum Gasteiger partial charge on any atom is 0.274 e. The third kappa shape index (κ3) is 3.28. The molecule has 0 radical (unpaired) electrons. The van der Waals surface area contributed by atoms with E-state index in [1.54, 1.807) is 18.4 Å². The number of nitrogens with zero attached hydrogens (tertiary/aromatic N) is 4. The summed E-state index contributed by atoms with van der Waals surface area (Å²) in [6, 6.07) is 6.62. The normalized spacial score (nSPS) is 19.2. The molecule has 0 saturated carbocycles. The van der Waals surface area contributed by atoms with Crippen molar-refractivity contribution in [2.75, 3.05) is 13.1 Å². The minimum Gasteiger partial charge on any atom is -0.463 e. The molecular weight excluding hydrogens is 370 g/mol. The SMILES string of the molecule is O=C(c1n[nH]c2c1CCCC2)N1CCC[C@H](n2nc(-c3ccco3)ccc2=O)C1. The van der Waals surface area contributed by atoms with Crippen molar-refractivity contribution in [2.24, 2.45) is 0 Å². The standard InChI is InChI=1S/C21H23N5O3/c27-19-10-9-17(18-8-4-12-29-18)24-26(19)14-5-3-11-25(13-14)21(28)20-15-6-1-2-7-16(15)22-23-20/h4,8-10,12,14H,1-3,5-7,11,13H2,(H,22,23)/t14-/m0/s1. The first-order valence-electron chi connectivity index (χ1n) is 10.2. The Morgan fingerprint density at radius 1 is 1.17 bits per heavy atom. The van der Waals surface area contributed by atoms with Crippen LogP contribution in [0.4, 0.5) is 0 Å². The molecule has 1 aliphatic heterocycles. The minimum atomic E-state index is -0.170. The number of nitrogens with one attached hydrogen (secondary N) is 1. The van der Waals surface area contributed by atoms with Crippen LogP contribution < -0.4 is 5.56 Å². The molecule has 1 atom stereocenters. The van der Waals surface area contributed by atoms with Crippen LogP contribution in [0.25, 0.3) is 11.5 Å². The molecule has 29 heavy (non-hydrogen) atoms. The van der Waals surface area contributed by atoms with Gasteiger partial charge in [-0.05, 0) is 56.7 Å². The van der Waals surface area contributed by atoms with Gasteiger partial charge < -0.3 is 9.32 Å². The third-order valence-electron chi connectivity index (χ3n) is 5.89. The monoisotopic (exact) mass is 393 g/mol. The molecule has 0 spiro atoms. The number of furan rings is 1. The van der Waals surface area contributed by atoms with Crippen molar-refractivity contribution in [1.29, 1.82) is 0 Å². The number of carbonyl (C=O) groups excluding carboxylic acids is 1. The maximum atomic E-state index is 13.2. The minimum absolute atomic E-state index is 0.0515. The van der Waals surface area contributed by atoms with Crippen LogP contribution in [0, 0.1) is 0 Å². The predicted molar refractivity (Wildman–Crippen MR) is 106 cm³/mol. The van der Waals surface area contributed by atoms with E-state index >= 15 is 0 Å². The molecule has 3 aromatic rings. The topological polar surface area (TPSA) is 97.0 Å². The molecule has 3 aromatic heterocycles. The highest BCUT2D eigenvalue weighted by molar-refractivity contribution is 5.94. The zero-order valence-corrected chi connectivity index (χ0v) is 16.1. The summed E-state index contributed by atoms with van der Waals surface area (Å²) in [6.07, 6.45) is 7.29. The number of aryl methyl sites for hydroxylation is 1. The van der Waals surface area contributed by atoms with Crippen molar-refractivity contribution < 1.29 is 9.21 Å². The van der Waals surface area contributed by atoms with Gasteiger partial charge in [-0.1, -0.05) is 0 Å². The van der Waals surface area contributed by atoms with E-state index in [4.69, 9.17) is 4.42 Å². The summed E-state index contributed by atoms with van der Waals surface area (Å²) in [5.41, 5.74) is 3.15. The van der Waals surface area contributed by atoms with Crippen LogP contribution in [-0.2, 0) is 12.8 Å². The van der Waals surface area contributed by atoms with Gasteiger partial charge in [-0.25, -0.2) is 4.68 Å². The third-order valence-corrected chi connectivity index (χ3v) is 5.89. The fraction of sp³-hybridized carbons (Fsp3) is 0.429. The molecule has 5 rings (SSSR count). The lowest BCUT2D eigenvalue weighted by molar-refractivity contribution is 0.0663. The summed E-state index contributed by atoms with van der Waals surface area (Å²) >= 11 is 0. The predicted octanol–water partition coefficient (Wildman–Crippen LogP) is 2.58. The van der Waals surface area contributed by atoms with Crippen molar-refractivity contribution in [1.82, 2.24) is 24.9 Å². The highest BCUT2D eigenvalue weighted by Gasteiger charge is 2.30. The summed E-state index contributed by atoms with van der Waals surface area (Å²) in [5, 5.41) is 11.9. The second kappa shape index (κ2) is 7.35. The first-order valence-corrected chi connectivity index (χ1v) is 10.2. The summed E-state index contributed by atoms with van der Waals surface area (Å²) < 4.78 is 6.91. The molecule has 2 aliphatic rings. The Bertz CT molecular complexity index is 1080. The molecule has 150 valence electrons. The van der Waals surface area contributed by atoms with Gasteiger partial charge in [0, 0.05) is 30.4 Å². The number of H-pyrrole nitrogens is 1. The summed E-state index contributed by atoms with van der Waals surface area (Å²) in [4.78, 5) is 27.5. The number of amides is 1. The zero-order valence-electron chi connectivity index (χ0n) is 16.1. The van der Waals surface area contributed by atoms with E-state index in [-0.39, 0.29) is 17.5 Å². The van der Waals surface area contributed by atoms with E-state index in [0.717, 1.165) is 49.8 Å². The lowest BCUT2D eigenvalue weighted by atomic mass is 9.95. The number of hydrogen-bond acceptors (Lipinski definition) is 5. The largest absolute Gasteiger partial charge is 0.463 e. The Labute approximate surface area is 167 Å². The average molecular weight is 393 g/mol. The number of rotatable bonds is 3. The number of carbonyl (C=O) groups is 1. The number of hydrogen-bond donors (Lipinski definition) is 1. The van der Waals surface area contributed by atoms with Crippen LogP contribution in [0.3, 0.4) is 0 Å². The van der Waals surface area contributed by atoms with Crippen LogP contribution in [-0.4, -0.2) is 43.9 Å². The molecule has 1 N–H and O–H groups in total. The van der Waals surface area contributed by atoms with Gasteiger partial charge in [-0.2, -0.15) is 10.2 Å². The van der Waals surface area contributed by atoms with Crippen molar-refractivity contribution in [3.63, 3.8) is 0 Å². The van der Waals surface area contributed by atoms with Crippen molar-refractivity contribution >= 4 is 5.91 Å². The average Bonchev–Trinajstić information content (AvgIpc) is 3.44. The summed E-state index contributed by atoms with van der Waals surface area (Å²) in [5.74, 6) is 0.565. The van der Waals surface area contributed by atoms with Gasteiger partial charge in [-0.15, -0.1) is 0 Å². The van der Waals surface area contributed by atoms with Crippen LogP contribution in [0.15, 0.2) is 39.7 Å². The Morgan fingerprint density at radius 3 is 2.93 bits per heavy atom. The van der Waals surface area contributed by atoms with E-state index in [1.165, 1.54) is 10.7 Å². The molecule has 0 bridgehead atoms. The molecule has 1 amide bonds. The van der Waals surface area contributed by atoms with Gasteiger partial charge in [0.2, 0.25) is 0 Å². The molecule has 0 unspecified atom stereocenters. The van der Waals surface area contributed by atoms with E-state index in [1.807, 2.05) is 11.0 Å². The van der Waals surface area contributed by atoms with Gasteiger partial charge >= 0.3 is 0 Å². The van der Waals surface area contributed by atoms with Gasteiger partial charge in [0.25, 0.3) is 11.5 Å². The number of aromatic nitrogens is 4. The quantitative estimate of drug-likeness (QED) is 0.738. The van der Waals surface area contributed by atoms with Gasteiger partial charge in [0.1, 0.15) is 5.69 Å². The molecule has 1 saturated heterocycles. The van der Waals surface area contributed by atoms with Crippen molar-refractivity contribution in [3.8, 4) is 11.5 Å². The van der Waals surface area contributed by atoms with Gasteiger partial charge in [0.15, 0.2) is 11.5 Å². The Hall–Kier alpha value is -3.16. The fourth-order valence-electron chi connectivity index (χ4n) is 4.39. The van der Waals surface area contributed by atoms with E-state index in [2.05, 4.69) is 15.3 Å². The maximum absolute atomic E-state index is 13.2. The van der Waals surface area contributed by atoms with Crippen LogP contribution in [0.2, 0.25) is 0 Å². The smallest absolute Gasteiger partial charge is 0.274 e. The second-order valence-electron chi connectivity index (χ2n) is 7.76. The van der Waals surface area contributed by atoms with E-state index < -0.39 is 0 Å². The molecule has 0 aromatic carbocycles. The highest BCUT2D eigenvalue weighted by atomic mass is 16.3. The van der Waals surface area contributed by atoms with Gasteiger partial charge in [-0.3, -0.25) is 14.7 Å². The lowest BCUT2D eigenvalue weighted by Crippen LogP contribution is -2.43. The Balaban J connectivity index is 1.40. The molecule has 4 heterocycles. The number of piperidine rings is 1. The molecule has 8 heteroatoms. The van der Waals surface area contributed by atoms with Crippen LogP contribution in [0.5, 0.6) is 0 Å². The van der Waals surface area contributed by atoms with Gasteiger partial charge in [0.05, 0.1) is 12.3 Å². The summed E-state index contributed by atoms with van der Waals surface area (Å²) in [7, 11) is 0. The first-order chi connectivity index (χ1) is 14.2. The van der Waals surface area contributed by atoms with Crippen molar-refractivity contribution in [2.45, 2.75) is 44.6 Å². The number of fused-ring (bicyclic) bond motifs is 1. The number of likely N-dealkylation sites (tertiary alicyclic amines) is 1.